The Morgan fingerprint density at radius 1 is 1.15 bits per heavy atom. The smallest absolute Gasteiger partial charge is 0.161 e. The average molecular weight is 290 g/mol. The number of anilines is 2. The fourth-order valence-corrected chi connectivity index (χ4v) is 2.41. The fraction of sp³-hybridized carbons (Fsp3) is 0.188. The van der Waals surface area contributed by atoms with Crippen molar-refractivity contribution in [1.29, 1.82) is 0 Å². The summed E-state index contributed by atoms with van der Waals surface area (Å²) in [5.41, 5.74) is 3.20. The molecular formula is C16H16ClNO2. The van der Waals surface area contributed by atoms with Crippen molar-refractivity contribution in [3.8, 4) is 5.75 Å². The Hall–Kier alpha value is -2.00. The van der Waals surface area contributed by atoms with Gasteiger partial charge in [0.25, 0.3) is 0 Å². The van der Waals surface area contributed by atoms with E-state index in [1.807, 2.05) is 37.3 Å². The van der Waals surface area contributed by atoms with Crippen molar-refractivity contribution < 1.29 is 9.53 Å². The molecule has 0 spiro atoms. The number of ketones is 1. The first-order valence-electron chi connectivity index (χ1n) is 6.24. The summed E-state index contributed by atoms with van der Waals surface area (Å²) in [7, 11) is 1.63. The molecule has 0 bridgehead atoms. The second-order valence-corrected chi connectivity index (χ2v) is 4.91. The molecule has 0 saturated carbocycles. The zero-order valence-corrected chi connectivity index (χ0v) is 12.4. The first-order valence-corrected chi connectivity index (χ1v) is 6.62. The first kappa shape index (κ1) is 14.4. The summed E-state index contributed by atoms with van der Waals surface area (Å²) >= 11 is 6.07. The highest BCUT2D eigenvalue weighted by molar-refractivity contribution is 6.34. The van der Waals surface area contributed by atoms with Crippen LogP contribution in [0.25, 0.3) is 0 Å². The Morgan fingerprint density at radius 3 is 2.35 bits per heavy atom. The Morgan fingerprint density at radius 2 is 1.80 bits per heavy atom. The number of rotatable bonds is 4. The van der Waals surface area contributed by atoms with Crippen molar-refractivity contribution in [3.05, 3.63) is 52.5 Å². The molecule has 4 heteroatoms. The number of ether oxygens (including phenoxy) is 1. The minimum atomic E-state index is -0.0362. The highest BCUT2D eigenvalue weighted by Crippen LogP contribution is 2.29. The van der Waals surface area contributed by atoms with Crippen LogP contribution in [-0.2, 0) is 0 Å². The maximum absolute atomic E-state index is 11.6. The van der Waals surface area contributed by atoms with Gasteiger partial charge in [-0.05, 0) is 55.8 Å². The molecule has 0 heterocycles. The standard InChI is InChI=1S/C16H16ClNO2/c1-10-15(9-8-14(17)16(10)11(2)19)18-12-4-6-13(20-3)7-5-12/h4-9,18H,1-3H3. The number of nitrogens with one attached hydrogen (secondary N) is 1. The van der Waals surface area contributed by atoms with Crippen LogP contribution < -0.4 is 10.1 Å². The van der Waals surface area contributed by atoms with Crippen LogP contribution in [0.3, 0.4) is 0 Å². The Balaban J connectivity index is 2.33. The van der Waals surface area contributed by atoms with E-state index in [9.17, 15) is 4.79 Å². The average Bonchev–Trinajstić information content (AvgIpc) is 2.42. The van der Waals surface area contributed by atoms with E-state index >= 15 is 0 Å². The first-order chi connectivity index (χ1) is 9.52. The molecule has 2 aromatic carbocycles. The predicted octanol–water partition coefficient (Wildman–Crippen LogP) is 4.60. The molecule has 20 heavy (non-hydrogen) atoms. The van der Waals surface area contributed by atoms with Gasteiger partial charge in [-0.1, -0.05) is 11.6 Å². The van der Waals surface area contributed by atoms with Gasteiger partial charge in [-0.25, -0.2) is 0 Å². The van der Waals surface area contributed by atoms with Gasteiger partial charge in [0.05, 0.1) is 12.1 Å². The van der Waals surface area contributed by atoms with Gasteiger partial charge in [-0.3, -0.25) is 4.79 Å². The minimum absolute atomic E-state index is 0.0362. The van der Waals surface area contributed by atoms with Crippen LogP contribution in [0.1, 0.15) is 22.8 Å². The van der Waals surface area contributed by atoms with Gasteiger partial charge < -0.3 is 10.1 Å². The van der Waals surface area contributed by atoms with E-state index in [4.69, 9.17) is 16.3 Å². The summed E-state index contributed by atoms with van der Waals surface area (Å²) in [5, 5.41) is 3.76. The molecule has 2 aromatic rings. The highest BCUT2D eigenvalue weighted by Gasteiger charge is 2.12. The third kappa shape index (κ3) is 2.94. The third-order valence-corrected chi connectivity index (χ3v) is 3.45. The molecule has 0 aromatic heterocycles. The lowest BCUT2D eigenvalue weighted by atomic mass is 10.0. The highest BCUT2D eigenvalue weighted by atomic mass is 35.5. The van der Waals surface area contributed by atoms with Crippen LogP contribution in [0.2, 0.25) is 5.02 Å². The Bertz CT molecular complexity index is 636. The lowest BCUT2D eigenvalue weighted by molar-refractivity contribution is 0.101. The summed E-state index contributed by atoms with van der Waals surface area (Å²) in [6.45, 7) is 3.40. The minimum Gasteiger partial charge on any atom is -0.497 e. The van der Waals surface area contributed by atoms with Crippen molar-refractivity contribution in [2.75, 3.05) is 12.4 Å². The maximum Gasteiger partial charge on any atom is 0.161 e. The van der Waals surface area contributed by atoms with Crippen LogP contribution in [0.4, 0.5) is 11.4 Å². The monoisotopic (exact) mass is 289 g/mol. The Labute approximate surface area is 123 Å². The van der Waals surface area contributed by atoms with Crippen LogP contribution in [0.15, 0.2) is 36.4 Å². The number of benzene rings is 2. The van der Waals surface area contributed by atoms with Crippen molar-refractivity contribution in [3.63, 3.8) is 0 Å². The lowest BCUT2D eigenvalue weighted by Gasteiger charge is -2.13. The predicted molar refractivity (Wildman–Crippen MR) is 82.5 cm³/mol. The van der Waals surface area contributed by atoms with Crippen molar-refractivity contribution in [1.82, 2.24) is 0 Å². The number of carbonyl (C=O) groups is 1. The third-order valence-electron chi connectivity index (χ3n) is 3.14. The molecular weight excluding hydrogens is 274 g/mol. The lowest BCUT2D eigenvalue weighted by Crippen LogP contribution is -2.02. The zero-order valence-electron chi connectivity index (χ0n) is 11.7. The van der Waals surface area contributed by atoms with E-state index in [-0.39, 0.29) is 5.78 Å². The molecule has 2 rings (SSSR count). The molecule has 0 atom stereocenters. The molecule has 0 radical (unpaired) electrons. The number of methoxy groups -OCH3 is 1. The van der Waals surface area contributed by atoms with E-state index in [1.54, 1.807) is 13.2 Å². The van der Waals surface area contributed by atoms with Crippen molar-refractivity contribution >= 4 is 28.8 Å². The van der Waals surface area contributed by atoms with Crippen molar-refractivity contribution in [2.24, 2.45) is 0 Å². The van der Waals surface area contributed by atoms with E-state index in [0.29, 0.717) is 10.6 Å². The molecule has 0 unspecified atom stereocenters. The second kappa shape index (κ2) is 5.97. The van der Waals surface area contributed by atoms with Gasteiger partial charge in [0.1, 0.15) is 5.75 Å². The zero-order chi connectivity index (χ0) is 14.7. The van der Waals surface area contributed by atoms with Crippen LogP contribution in [0.5, 0.6) is 5.75 Å². The van der Waals surface area contributed by atoms with Gasteiger partial charge in [-0.15, -0.1) is 0 Å². The SMILES string of the molecule is COc1ccc(Nc2ccc(Cl)c(C(C)=O)c2C)cc1. The van der Waals surface area contributed by atoms with Crippen LogP contribution in [-0.4, -0.2) is 12.9 Å². The molecule has 1 N–H and O–H groups in total. The van der Waals surface area contributed by atoms with E-state index < -0.39 is 0 Å². The summed E-state index contributed by atoms with van der Waals surface area (Å²) in [4.78, 5) is 11.6. The largest absolute Gasteiger partial charge is 0.497 e. The van der Waals surface area contributed by atoms with Crippen LogP contribution in [0, 0.1) is 6.92 Å². The summed E-state index contributed by atoms with van der Waals surface area (Å²) in [6.07, 6.45) is 0. The van der Waals surface area contributed by atoms with E-state index in [1.165, 1.54) is 6.92 Å². The number of halogens is 1. The molecule has 0 fully saturated rings. The van der Waals surface area contributed by atoms with Crippen molar-refractivity contribution in [2.45, 2.75) is 13.8 Å². The molecule has 0 amide bonds. The molecule has 3 nitrogen and oxygen atoms in total. The summed E-state index contributed by atoms with van der Waals surface area (Å²) in [5.74, 6) is 0.763. The molecule has 0 saturated heterocycles. The Kier molecular flexibility index (Phi) is 4.30. The van der Waals surface area contributed by atoms with E-state index in [2.05, 4.69) is 5.32 Å². The topological polar surface area (TPSA) is 38.3 Å². The van der Waals surface area contributed by atoms with Gasteiger partial charge in [0, 0.05) is 16.9 Å². The van der Waals surface area contributed by atoms with Gasteiger partial charge in [0.2, 0.25) is 0 Å². The molecule has 0 aliphatic heterocycles. The number of hydrogen-bond donors (Lipinski definition) is 1. The maximum atomic E-state index is 11.6. The second-order valence-electron chi connectivity index (χ2n) is 4.50. The van der Waals surface area contributed by atoms with Crippen LogP contribution >= 0.6 is 11.6 Å². The van der Waals surface area contributed by atoms with Gasteiger partial charge in [0.15, 0.2) is 5.78 Å². The number of Topliss-reactive ketones (excluding diaryl/α,β-unsaturated/α-hetero) is 1. The summed E-state index contributed by atoms with van der Waals surface area (Å²) in [6, 6.07) is 11.2. The molecule has 104 valence electrons. The fourth-order valence-electron chi connectivity index (χ4n) is 2.08. The normalized spacial score (nSPS) is 10.2. The van der Waals surface area contributed by atoms with Gasteiger partial charge >= 0.3 is 0 Å². The van der Waals surface area contributed by atoms with E-state index in [0.717, 1.165) is 22.7 Å². The quantitative estimate of drug-likeness (QED) is 0.836. The number of carbonyl (C=O) groups excluding carboxylic acids is 1. The number of hydrogen-bond acceptors (Lipinski definition) is 3. The molecule has 0 aliphatic carbocycles. The summed E-state index contributed by atoms with van der Waals surface area (Å²) < 4.78 is 5.12. The van der Waals surface area contributed by atoms with Gasteiger partial charge in [-0.2, -0.15) is 0 Å². The molecule has 0 aliphatic rings.